The van der Waals surface area contributed by atoms with Crippen molar-refractivity contribution in [2.24, 2.45) is 5.73 Å². The average Bonchev–Trinajstić information content (AvgIpc) is 2.20. The SMILES string of the molecule is CCC(C)N.CCC(C)NC=O.CCO. The molecule has 4 nitrogen and oxygen atoms in total. The van der Waals surface area contributed by atoms with Crippen LogP contribution < -0.4 is 11.1 Å². The van der Waals surface area contributed by atoms with Gasteiger partial charge in [-0.1, -0.05) is 13.8 Å². The Balaban J connectivity index is -0.000000158. The summed E-state index contributed by atoms with van der Waals surface area (Å²) in [4.78, 5) is 9.66. The molecule has 0 aliphatic carbocycles. The highest BCUT2D eigenvalue weighted by Gasteiger charge is 1.89. The summed E-state index contributed by atoms with van der Waals surface area (Å²) in [6.45, 7) is 10.0. The molecule has 94 valence electrons. The minimum absolute atomic E-state index is 0.250. The van der Waals surface area contributed by atoms with E-state index in [1.54, 1.807) is 6.92 Å². The van der Waals surface area contributed by atoms with Gasteiger partial charge in [0.1, 0.15) is 0 Å². The Kier molecular flexibility index (Phi) is 25.2. The molecule has 4 heteroatoms. The van der Waals surface area contributed by atoms with Crippen molar-refractivity contribution < 1.29 is 9.90 Å². The van der Waals surface area contributed by atoms with Crippen molar-refractivity contribution in [3.63, 3.8) is 0 Å². The van der Waals surface area contributed by atoms with E-state index in [0.29, 0.717) is 12.1 Å². The van der Waals surface area contributed by atoms with Gasteiger partial charge in [-0.05, 0) is 33.6 Å². The van der Waals surface area contributed by atoms with E-state index < -0.39 is 0 Å². The minimum Gasteiger partial charge on any atom is -0.397 e. The predicted molar refractivity (Wildman–Crippen MR) is 65.7 cm³/mol. The second-order valence-corrected chi connectivity index (χ2v) is 3.30. The Hall–Kier alpha value is -0.610. The molecule has 1 amide bonds. The number of carbonyl (C=O) groups excluding carboxylic acids is 1. The van der Waals surface area contributed by atoms with Crippen LogP contribution in [0.5, 0.6) is 0 Å². The summed E-state index contributed by atoms with van der Waals surface area (Å²) in [6, 6.07) is 0.715. The maximum Gasteiger partial charge on any atom is 0.207 e. The smallest absolute Gasteiger partial charge is 0.207 e. The topological polar surface area (TPSA) is 75.3 Å². The van der Waals surface area contributed by atoms with Crippen LogP contribution in [-0.2, 0) is 4.79 Å². The van der Waals surface area contributed by atoms with Gasteiger partial charge in [0, 0.05) is 18.7 Å². The maximum atomic E-state index is 9.66. The van der Waals surface area contributed by atoms with Gasteiger partial charge in [0.25, 0.3) is 0 Å². The molecule has 2 atom stereocenters. The van der Waals surface area contributed by atoms with E-state index >= 15 is 0 Å². The Morgan fingerprint density at radius 1 is 1.27 bits per heavy atom. The van der Waals surface area contributed by atoms with Gasteiger partial charge >= 0.3 is 0 Å². The van der Waals surface area contributed by atoms with Gasteiger partial charge in [0.15, 0.2) is 0 Å². The number of carbonyl (C=O) groups is 1. The number of amides is 1. The molecule has 0 fully saturated rings. The number of aliphatic hydroxyl groups is 1. The van der Waals surface area contributed by atoms with Crippen LogP contribution in [0.4, 0.5) is 0 Å². The van der Waals surface area contributed by atoms with Crippen molar-refractivity contribution in [1.29, 1.82) is 0 Å². The van der Waals surface area contributed by atoms with E-state index in [9.17, 15) is 4.79 Å². The van der Waals surface area contributed by atoms with E-state index in [1.807, 2.05) is 20.8 Å². The number of nitrogens with one attached hydrogen (secondary N) is 1. The van der Waals surface area contributed by atoms with Crippen LogP contribution in [0, 0.1) is 0 Å². The summed E-state index contributed by atoms with van der Waals surface area (Å²) in [7, 11) is 0. The zero-order valence-electron chi connectivity index (χ0n) is 10.8. The quantitative estimate of drug-likeness (QED) is 0.625. The standard InChI is InChI=1S/C5H11NO.C4H11N.C2H6O/c1-3-5(2)6-4-7;1-3-4(2)5;1-2-3/h4-5H,3H2,1-2H3,(H,6,7);4H,3,5H2,1-2H3;3H,2H2,1H3. The molecule has 0 aromatic heterocycles. The fourth-order valence-electron chi connectivity index (χ4n) is 0.234. The fraction of sp³-hybridized carbons (Fsp3) is 0.909. The van der Waals surface area contributed by atoms with Crippen molar-refractivity contribution in [3.8, 4) is 0 Å². The van der Waals surface area contributed by atoms with Crippen molar-refractivity contribution in [2.75, 3.05) is 6.61 Å². The first kappa shape index (κ1) is 19.9. The third-order valence-corrected chi connectivity index (χ3v) is 1.61. The number of rotatable bonds is 4. The largest absolute Gasteiger partial charge is 0.397 e. The zero-order chi connectivity index (χ0) is 12.7. The molecule has 0 heterocycles. The highest BCUT2D eigenvalue weighted by molar-refractivity contribution is 5.46. The minimum atomic E-state index is 0.250. The summed E-state index contributed by atoms with van der Waals surface area (Å²) >= 11 is 0. The molecule has 0 rings (SSSR count). The third kappa shape index (κ3) is 42.5. The molecule has 15 heavy (non-hydrogen) atoms. The monoisotopic (exact) mass is 220 g/mol. The van der Waals surface area contributed by atoms with E-state index in [0.717, 1.165) is 19.3 Å². The van der Waals surface area contributed by atoms with E-state index in [1.165, 1.54) is 0 Å². The molecule has 2 unspecified atom stereocenters. The zero-order valence-corrected chi connectivity index (χ0v) is 10.8. The number of hydrogen-bond acceptors (Lipinski definition) is 3. The van der Waals surface area contributed by atoms with Gasteiger partial charge in [-0.25, -0.2) is 0 Å². The first-order valence-corrected chi connectivity index (χ1v) is 5.56. The van der Waals surface area contributed by atoms with Gasteiger partial charge in [0.2, 0.25) is 6.41 Å². The molecule has 0 aliphatic heterocycles. The Morgan fingerprint density at radius 3 is 1.67 bits per heavy atom. The van der Waals surface area contributed by atoms with Crippen molar-refractivity contribution >= 4 is 6.41 Å². The van der Waals surface area contributed by atoms with Crippen LogP contribution in [0.1, 0.15) is 47.5 Å². The molecule has 0 bridgehead atoms. The summed E-state index contributed by atoms with van der Waals surface area (Å²) < 4.78 is 0. The van der Waals surface area contributed by atoms with E-state index in [-0.39, 0.29) is 6.61 Å². The lowest BCUT2D eigenvalue weighted by Gasteiger charge is -2.02. The summed E-state index contributed by atoms with van der Waals surface area (Å²) in [6.07, 6.45) is 2.81. The normalized spacial score (nSPS) is 12.2. The number of nitrogens with two attached hydrogens (primary N) is 1. The second kappa shape index (κ2) is 19.0. The maximum absolute atomic E-state index is 9.66. The van der Waals surface area contributed by atoms with Gasteiger partial charge in [-0.2, -0.15) is 0 Å². The highest BCUT2D eigenvalue weighted by Crippen LogP contribution is 1.82. The van der Waals surface area contributed by atoms with Crippen molar-refractivity contribution in [2.45, 2.75) is 59.5 Å². The molecular formula is C11H28N2O2. The van der Waals surface area contributed by atoms with Crippen molar-refractivity contribution in [1.82, 2.24) is 5.32 Å². The van der Waals surface area contributed by atoms with Gasteiger partial charge in [-0.3, -0.25) is 4.79 Å². The van der Waals surface area contributed by atoms with Crippen LogP contribution in [0.3, 0.4) is 0 Å². The third-order valence-electron chi connectivity index (χ3n) is 1.61. The molecule has 0 radical (unpaired) electrons. The molecular weight excluding hydrogens is 192 g/mol. The number of aliphatic hydroxyl groups excluding tert-OH is 1. The van der Waals surface area contributed by atoms with Crippen molar-refractivity contribution in [3.05, 3.63) is 0 Å². The molecule has 0 saturated carbocycles. The van der Waals surface area contributed by atoms with E-state index in [4.69, 9.17) is 10.8 Å². The molecule has 0 spiro atoms. The Morgan fingerprint density at radius 2 is 1.60 bits per heavy atom. The van der Waals surface area contributed by atoms with Crippen LogP contribution in [0.15, 0.2) is 0 Å². The molecule has 0 aromatic rings. The first-order chi connectivity index (χ1) is 6.99. The van der Waals surface area contributed by atoms with Gasteiger partial charge in [-0.15, -0.1) is 0 Å². The Labute approximate surface area is 94.2 Å². The highest BCUT2D eigenvalue weighted by atomic mass is 16.2. The lowest BCUT2D eigenvalue weighted by atomic mass is 10.3. The van der Waals surface area contributed by atoms with Crippen LogP contribution in [0.2, 0.25) is 0 Å². The average molecular weight is 220 g/mol. The van der Waals surface area contributed by atoms with E-state index in [2.05, 4.69) is 12.2 Å². The molecule has 0 aromatic carbocycles. The fourth-order valence-corrected chi connectivity index (χ4v) is 0.234. The lowest BCUT2D eigenvalue weighted by Crippen LogP contribution is -2.22. The predicted octanol–water partition coefficient (Wildman–Crippen LogP) is 1.27. The number of hydrogen-bond donors (Lipinski definition) is 3. The molecule has 0 saturated heterocycles. The molecule has 0 aliphatic rings. The Bertz CT molecular complexity index is 109. The second-order valence-electron chi connectivity index (χ2n) is 3.30. The van der Waals surface area contributed by atoms with Crippen LogP contribution in [-0.4, -0.2) is 30.2 Å². The summed E-state index contributed by atoms with van der Waals surface area (Å²) in [5, 5.41) is 10.2. The molecule has 4 N–H and O–H groups in total. The van der Waals surface area contributed by atoms with Crippen LogP contribution >= 0.6 is 0 Å². The summed E-state index contributed by atoms with van der Waals surface area (Å²) in [5.41, 5.74) is 5.29. The van der Waals surface area contributed by atoms with Gasteiger partial charge < -0.3 is 16.2 Å². The van der Waals surface area contributed by atoms with Gasteiger partial charge in [0.05, 0.1) is 0 Å². The lowest BCUT2D eigenvalue weighted by molar-refractivity contribution is -0.110. The summed E-state index contributed by atoms with van der Waals surface area (Å²) in [5.74, 6) is 0. The van der Waals surface area contributed by atoms with Crippen LogP contribution in [0.25, 0.3) is 0 Å². The first-order valence-electron chi connectivity index (χ1n) is 5.56.